The number of aliphatic hydroxyl groups is 1. The highest BCUT2D eigenvalue weighted by Crippen LogP contribution is 2.36. The van der Waals surface area contributed by atoms with E-state index in [0.29, 0.717) is 43.9 Å². The molecular weight excluding hydrogens is 670 g/mol. The van der Waals surface area contributed by atoms with Gasteiger partial charge in [0.1, 0.15) is 6.10 Å². The largest absolute Gasteiger partial charge is 0.454 e. The van der Waals surface area contributed by atoms with Crippen LogP contribution in [0.1, 0.15) is 52.5 Å². The number of ether oxygens (including phenoxy) is 6. The average Bonchev–Trinajstić information content (AvgIpc) is 3.81. The smallest absolute Gasteiger partial charge is 0.407 e. The Bertz CT molecular complexity index is 1560. The third-order valence-corrected chi connectivity index (χ3v) is 10.7. The molecular formula is C35H49N3O11S. The summed E-state index contributed by atoms with van der Waals surface area (Å²) in [6.45, 7) is 8.14. The van der Waals surface area contributed by atoms with E-state index in [1.807, 2.05) is 44.2 Å². The Kier molecular flexibility index (Phi) is 12.5. The fraction of sp³-hybridized carbons (Fsp3) is 0.600. The molecule has 3 aliphatic rings. The molecule has 0 aromatic heterocycles. The second-order valence-electron chi connectivity index (χ2n) is 13.9. The first-order chi connectivity index (χ1) is 23.8. The summed E-state index contributed by atoms with van der Waals surface area (Å²) in [7, 11) is -4.20. The lowest BCUT2D eigenvalue weighted by molar-refractivity contribution is -0.0907. The molecule has 0 radical (unpaired) electrons. The summed E-state index contributed by atoms with van der Waals surface area (Å²) in [5, 5.41) is 17.3. The van der Waals surface area contributed by atoms with Gasteiger partial charge in [0.05, 0.1) is 42.3 Å². The number of carbonyl (C=O) groups excluding carboxylic acids is 2. The Morgan fingerprint density at radius 3 is 2.58 bits per heavy atom. The fourth-order valence-electron chi connectivity index (χ4n) is 6.36. The van der Waals surface area contributed by atoms with Gasteiger partial charge in [0, 0.05) is 25.7 Å². The van der Waals surface area contributed by atoms with Crippen molar-refractivity contribution in [1.82, 2.24) is 14.9 Å². The van der Waals surface area contributed by atoms with Crippen LogP contribution in [-0.2, 0) is 35.4 Å². The molecule has 2 amide bonds. The first-order valence-corrected chi connectivity index (χ1v) is 18.5. The molecule has 0 aliphatic carbocycles. The lowest BCUT2D eigenvalue weighted by Gasteiger charge is -2.35. The zero-order chi connectivity index (χ0) is 35.9. The van der Waals surface area contributed by atoms with Gasteiger partial charge >= 0.3 is 12.2 Å². The Labute approximate surface area is 293 Å². The molecule has 0 spiro atoms. The quantitative estimate of drug-likeness (QED) is 0.216. The second kappa shape index (κ2) is 16.6. The van der Waals surface area contributed by atoms with Gasteiger partial charge in [-0.15, -0.1) is 0 Å². The van der Waals surface area contributed by atoms with Crippen molar-refractivity contribution in [3.63, 3.8) is 0 Å². The summed E-state index contributed by atoms with van der Waals surface area (Å²) >= 11 is 0. The molecule has 50 heavy (non-hydrogen) atoms. The van der Waals surface area contributed by atoms with E-state index < -0.39 is 52.2 Å². The van der Waals surface area contributed by atoms with Gasteiger partial charge in [-0.2, -0.15) is 4.31 Å². The fourth-order valence-corrected chi connectivity index (χ4v) is 8.02. The van der Waals surface area contributed by atoms with Crippen LogP contribution in [0, 0.1) is 11.3 Å². The predicted octanol–water partition coefficient (Wildman–Crippen LogP) is 3.81. The summed E-state index contributed by atoms with van der Waals surface area (Å²) in [5.41, 5.74) is 0.246. The molecule has 5 atom stereocenters. The van der Waals surface area contributed by atoms with Crippen LogP contribution >= 0.6 is 0 Å². The zero-order valence-corrected chi connectivity index (χ0v) is 29.9. The maximum absolute atomic E-state index is 14.3. The molecule has 0 unspecified atom stereocenters. The lowest BCUT2D eigenvalue weighted by atomic mass is 9.87. The highest BCUT2D eigenvalue weighted by atomic mass is 32.2. The van der Waals surface area contributed by atoms with Gasteiger partial charge in [-0.05, 0) is 62.6 Å². The molecule has 3 aliphatic heterocycles. The van der Waals surface area contributed by atoms with Gasteiger partial charge in [0.25, 0.3) is 0 Å². The minimum absolute atomic E-state index is 0.0165. The maximum atomic E-state index is 14.3. The van der Waals surface area contributed by atoms with Gasteiger partial charge < -0.3 is 44.2 Å². The van der Waals surface area contributed by atoms with Crippen LogP contribution in [0.5, 0.6) is 11.5 Å². The minimum Gasteiger partial charge on any atom is -0.454 e. The van der Waals surface area contributed by atoms with Crippen LogP contribution in [0.25, 0.3) is 0 Å². The molecule has 2 aromatic rings. The Hall–Kier alpha value is -3.63. The predicted molar refractivity (Wildman–Crippen MR) is 181 cm³/mol. The molecule has 14 nitrogen and oxygen atoms in total. The standard InChI is InChI=1S/C35H49N3O11S/c1-23(2)48-33(40)36-15-8-14-35(3,4)21-38(50(42,43)25-11-12-29-30(18-25)47-22-46-29)19-28(39)27(17-24-9-6-5-7-10-24)37-34(41)49-31-20-45-32-26(31)13-16-44-32/h5-7,9-12,18,23,26-28,31-32,39H,8,13-17,19-22H2,1-4H3,(H,36,40)(H,37,41)/t26-,27-,28+,31-,32+/m0/s1. The van der Waals surface area contributed by atoms with E-state index in [9.17, 15) is 23.1 Å². The highest BCUT2D eigenvalue weighted by molar-refractivity contribution is 7.89. The molecule has 15 heteroatoms. The first kappa shape index (κ1) is 37.6. The number of aliphatic hydroxyl groups excluding tert-OH is 1. The Balaban J connectivity index is 1.33. The van der Waals surface area contributed by atoms with Crippen LogP contribution in [0.15, 0.2) is 53.4 Å². The topological polar surface area (TPSA) is 171 Å². The van der Waals surface area contributed by atoms with Gasteiger partial charge in [0.2, 0.25) is 16.8 Å². The van der Waals surface area contributed by atoms with Crippen molar-refractivity contribution >= 4 is 22.2 Å². The number of alkyl carbamates (subject to hydrolysis) is 2. The molecule has 2 saturated heterocycles. The number of rotatable bonds is 16. The number of nitrogens with one attached hydrogen (secondary N) is 2. The van der Waals surface area contributed by atoms with Crippen LogP contribution in [0.2, 0.25) is 0 Å². The number of nitrogens with zero attached hydrogens (tertiary/aromatic N) is 1. The normalized spacial score (nSPS) is 21.1. The van der Waals surface area contributed by atoms with Crippen molar-refractivity contribution in [1.29, 1.82) is 0 Å². The van der Waals surface area contributed by atoms with Crippen LogP contribution in [-0.4, -0.2) is 100 Å². The summed E-state index contributed by atoms with van der Waals surface area (Å²) < 4.78 is 62.7. The Morgan fingerprint density at radius 1 is 1.06 bits per heavy atom. The van der Waals surface area contributed by atoms with E-state index >= 15 is 0 Å². The van der Waals surface area contributed by atoms with Crippen LogP contribution < -0.4 is 20.1 Å². The highest BCUT2D eigenvalue weighted by Gasteiger charge is 2.44. The maximum Gasteiger partial charge on any atom is 0.407 e. The number of amides is 2. The zero-order valence-electron chi connectivity index (χ0n) is 29.0. The van der Waals surface area contributed by atoms with Gasteiger partial charge in [-0.1, -0.05) is 44.2 Å². The van der Waals surface area contributed by atoms with Crippen molar-refractivity contribution in [2.24, 2.45) is 11.3 Å². The molecule has 3 N–H and O–H groups in total. The van der Waals surface area contributed by atoms with E-state index in [1.54, 1.807) is 19.9 Å². The van der Waals surface area contributed by atoms with Crippen molar-refractivity contribution in [2.45, 2.75) is 88.9 Å². The third kappa shape index (κ3) is 10.00. The van der Waals surface area contributed by atoms with Crippen LogP contribution in [0.4, 0.5) is 9.59 Å². The van der Waals surface area contributed by atoms with E-state index in [4.69, 9.17) is 28.4 Å². The van der Waals surface area contributed by atoms with E-state index in [1.165, 1.54) is 16.4 Å². The monoisotopic (exact) mass is 719 g/mol. The van der Waals surface area contributed by atoms with Crippen molar-refractivity contribution < 1.29 is 51.5 Å². The number of hydrogen-bond donors (Lipinski definition) is 3. The number of hydrogen-bond acceptors (Lipinski definition) is 11. The number of sulfonamides is 1. The minimum atomic E-state index is -4.20. The molecule has 0 saturated carbocycles. The number of carbonyl (C=O) groups is 2. The van der Waals surface area contributed by atoms with Gasteiger partial charge in [-0.25, -0.2) is 18.0 Å². The van der Waals surface area contributed by atoms with E-state index in [2.05, 4.69) is 10.6 Å². The summed E-state index contributed by atoms with van der Waals surface area (Å²) in [6.07, 6.45) is -1.71. The lowest BCUT2D eigenvalue weighted by Crippen LogP contribution is -2.52. The molecule has 0 bridgehead atoms. The molecule has 3 heterocycles. The van der Waals surface area contributed by atoms with Gasteiger partial charge in [-0.3, -0.25) is 0 Å². The summed E-state index contributed by atoms with van der Waals surface area (Å²) in [4.78, 5) is 25.2. The second-order valence-corrected chi connectivity index (χ2v) is 15.9. The van der Waals surface area contributed by atoms with Crippen molar-refractivity contribution in [3.8, 4) is 11.5 Å². The molecule has 2 aromatic carbocycles. The SMILES string of the molecule is CC(C)OC(=O)NCCCC(C)(C)CN(C[C@@H](O)[C@H](Cc1ccccc1)NC(=O)O[C@H]1CO[C@H]2OCC[C@H]21)S(=O)(=O)c1ccc2c(c1)OCO2. The summed E-state index contributed by atoms with van der Waals surface area (Å²) in [6, 6.07) is 12.8. The van der Waals surface area contributed by atoms with E-state index in [-0.39, 0.29) is 49.8 Å². The van der Waals surface area contributed by atoms with Crippen LogP contribution in [0.3, 0.4) is 0 Å². The number of fused-ring (bicyclic) bond motifs is 2. The van der Waals surface area contributed by atoms with Crippen molar-refractivity contribution in [2.75, 3.05) is 39.6 Å². The third-order valence-electron chi connectivity index (χ3n) is 8.93. The average molecular weight is 720 g/mol. The first-order valence-electron chi connectivity index (χ1n) is 17.1. The molecule has 5 rings (SSSR count). The van der Waals surface area contributed by atoms with Crippen molar-refractivity contribution in [3.05, 3.63) is 54.1 Å². The molecule has 276 valence electrons. The molecule has 2 fully saturated rings. The summed E-state index contributed by atoms with van der Waals surface area (Å²) in [5.74, 6) is 0.675. The van der Waals surface area contributed by atoms with Gasteiger partial charge in [0.15, 0.2) is 17.8 Å². The Morgan fingerprint density at radius 2 is 1.82 bits per heavy atom. The number of benzene rings is 2. The van der Waals surface area contributed by atoms with E-state index in [0.717, 1.165) is 5.56 Å².